The largest absolute Gasteiger partial charge is 0.489 e. The van der Waals surface area contributed by atoms with Gasteiger partial charge in [-0.25, -0.2) is 9.69 Å². The standard InChI is InChI=1S/C20H14Br2N2O4/c1-2-9-28-17-8-5-14(22)10-12(17)11-16-18(25)23-20(27)24(19(16)26)15-6-3-13(21)4-7-15/h2-8,10-11H,1,9H2,(H,23,25,27)/b16-11+. The van der Waals surface area contributed by atoms with E-state index >= 15 is 0 Å². The molecule has 0 radical (unpaired) electrons. The Balaban J connectivity index is 2.03. The zero-order chi connectivity index (χ0) is 20.3. The van der Waals surface area contributed by atoms with Crippen molar-refractivity contribution in [2.24, 2.45) is 0 Å². The van der Waals surface area contributed by atoms with Gasteiger partial charge in [-0.2, -0.15) is 0 Å². The van der Waals surface area contributed by atoms with Gasteiger partial charge in [0.1, 0.15) is 17.9 Å². The van der Waals surface area contributed by atoms with Gasteiger partial charge in [0, 0.05) is 14.5 Å². The molecule has 1 fully saturated rings. The predicted molar refractivity (Wildman–Crippen MR) is 113 cm³/mol. The first-order chi connectivity index (χ1) is 13.4. The number of carbonyl (C=O) groups excluding carboxylic acids is 3. The van der Waals surface area contributed by atoms with Gasteiger partial charge in [-0.1, -0.05) is 44.5 Å². The first-order valence-corrected chi connectivity index (χ1v) is 9.69. The first kappa shape index (κ1) is 20.0. The number of hydrogen-bond acceptors (Lipinski definition) is 4. The Morgan fingerprint density at radius 3 is 2.39 bits per heavy atom. The lowest BCUT2D eigenvalue weighted by Gasteiger charge is -2.26. The van der Waals surface area contributed by atoms with Crippen molar-refractivity contribution >= 4 is 61.5 Å². The monoisotopic (exact) mass is 504 g/mol. The maximum Gasteiger partial charge on any atom is 0.335 e. The summed E-state index contributed by atoms with van der Waals surface area (Å²) in [7, 11) is 0. The van der Waals surface area contributed by atoms with Crippen LogP contribution >= 0.6 is 31.9 Å². The second-order valence-electron chi connectivity index (χ2n) is 5.72. The van der Waals surface area contributed by atoms with E-state index in [1.165, 1.54) is 6.08 Å². The van der Waals surface area contributed by atoms with E-state index in [2.05, 4.69) is 43.8 Å². The highest BCUT2D eigenvalue weighted by atomic mass is 79.9. The molecule has 0 saturated carbocycles. The molecule has 142 valence electrons. The molecule has 0 unspecified atom stereocenters. The lowest BCUT2D eigenvalue weighted by molar-refractivity contribution is -0.122. The number of nitrogens with zero attached hydrogens (tertiary/aromatic N) is 1. The Morgan fingerprint density at radius 1 is 1.04 bits per heavy atom. The summed E-state index contributed by atoms with van der Waals surface area (Å²) in [5.74, 6) is -1.01. The van der Waals surface area contributed by atoms with E-state index < -0.39 is 17.8 Å². The Bertz CT molecular complexity index is 1000. The summed E-state index contributed by atoms with van der Waals surface area (Å²) in [6.45, 7) is 3.87. The number of imide groups is 2. The van der Waals surface area contributed by atoms with Crippen LogP contribution in [0.5, 0.6) is 5.75 Å². The van der Waals surface area contributed by atoms with E-state index in [9.17, 15) is 14.4 Å². The molecule has 6 nitrogen and oxygen atoms in total. The van der Waals surface area contributed by atoms with Crippen LogP contribution in [0, 0.1) is 0 Å². The first-order valence-electron chi connectivity index (χ1n) is 8.11. The van der Waals surface area contributed by atoms with Gasteiger partial charge < -0.3 is 4.74 Å². The second kappa shape index (κ2) is 8.53. The van der Waals surface area contributed by atoms with Crippen molar-refractivity contribution in [1.29, 1.82) is 0 Å². The van der Waals surface area contributed by atoms with Gasteiger partial charge in [-0.05, 0) is 48.5 Å². The molecule has 0 atom stereocenters. The zero-order valence-corrected chi connectivity index (χ0v) is 17.6. The van der Waals surface area contributed by atoms with E-state index in [-0.39, 0.29) is 12.2 Å². The van der Waals surface area contributed by atoms with Crippen molar-refractivity contribution in [2.75, 3.05) is 11.5 Å². The van der Waals surface area contributed by atoms with E-state index in [0.29, 0.717) is 17.0 Å². The van der Waals surface area contributed by atoms with E-state index in [4.69, 9.17) is 4.74 Å². The molecular formula is C20H14Br2N2O4. The second-order valence-corrected chi connectivity index (χ2v) is 7.55. The number of nitrogens with one attached hydrogen (secondary N) is 1. The number of hydrogen-bond donors (Lipinski definition) is 1. The van der Waals surface area contributed by atoms with Crippen molar-refractivity contribution in [1.82, 2.24) is 5.32 Å². The van der Waals surface area contributed by atoms with E-state index in [1.54, 1.807) is 48.5 Å². The number of urea groups is 1. The summed E-state index contributed by atoms with van der Waals surface area (Å²) < 4.78 is 7.13. The molecule has 4 amide bonds. The Morgan fingerprint density at radius 2 is 1.71 bits per heavy atom. The summed E-state index contributed by atoms with van der Waals surface area (Å²) in [4.78, 5) is 38.4. The minimum atomic E-state index is -0.799. The summed E-state index contributed by atoms with van der Waals surface area (Å²) in [6.07, 6.45) is 2.99. The number of halogens is 2. The number of rotatable bonds is 5. The average Bonchev–Trinajstić information content (AvgIpc) is 2.66. The van der Waals surface area contributed by atoms with Gasteiger partial charge in [-0.3, -0.25) is 14.9 Å². The molecule has 0 aromatic heterocycles. The highest BCUT2D eigenvalue weighted by molar-refractivity contribution is 9.10. The van der Waals surface area contributed by atoms with Crippen LogP contribution in [0.15, 0.2) is 69.6 Å². The van der Waals surface area contributed by atoms with Gasteiger partial charge in [0.05, 0.1) is 5.69 Å². The van der Waals surface area contributed by atoms with Crippen molar-refractivity contribution in [2.45, 2.75) is 0 Å². The molecule has 3 rings (SSSR count). The highest BCUT2D eigenvalue weighted by Crippen LogP contribution is 2.28. The molecule has 0 spiro atoms. The zero-order valence-electron chi connectivity index (χ0n) is 14.4. The molecule has 0 aliphatic carbocycles. The smallest absolute Gasteiger partial charge is 0.335 e. The molecule has 1 aliphatic heterocycles. The molecule has 0 bridgehead atoms. The van der Waals surface area contributed by atoms with Gasteiger partial charge >= 0.3 is 6.03 Å². The predicted octanol–water partition coefficient (Wildman–Crippen LogP) is 4.44. The number of amides is 4. The Labute approximate surface area is 178 Å². The minimum absolute atomic E-state index is 0.177. The van der Waals surface area contributed by atoms with Crippen LogP contribution in [0.3, 0.4) is 0 Å². The third-order valence-corrected chi connectivity index (χ3v) is 4.84. The Kier molecular flexibility index (Phi) is 6.11. The maximum absolute atomic E-state index is 12.9. The van der Waals surface area contributed by atoms with Gasteiger partial charge in [-0.15, -0.1) is 0 Å². The van der Waals surface area contributed by atoms with E-state index in [0.717, 1.165) is 13.8 Å². The number of barbiturate groups is 1. The van der Waals surface area contributed by atoms with Crippen molar-refractivity contribution in [3.05, 3.63) is 75.2 Å². The molecule has 2 aromatic rings. The van der Waals surface area contributed by atoms with Crippen LogP contribution in [-0.4, -0.2) is 24.5 Å². The molecule has 28 heavy (non-hydrogen) atoms. The Hall–Kier alpha value is -2.71. The van der Waals surface area contributed by atoms with Crippen LogP contribution < -0.4 is 15.0 Å². The fourth-order valence-electron chi connectivity index (χ4n) is 2.55. The fourth-order valence-corrected chi connectivity index (χ4v) is 3.19. The molecule has 2 aromatic carbocycles. The summed E-state index contributed by atoms with van der Waals surface area (Å²) in [5, 5.41) is 2.20. The SMILES string of the molecule is C=CCOc1ccc(Br)cc1/C=C1\C(=O)NC(=O)N(c2ccc(Br)cc2)C1=O. The van der Waals surface area contributed by atoms with Crippen LogP contribution in [0.4, 0.5) is 10.5 Å². The average molecular weight is 506 g/mol. The van der Waals surface area contributed by atoms with Crippen LogP contribution in [0.1, 0.15) is 5.56 Å². The highest BCUT2D eigenvalue weighted by Gasteiger charge is 2.36. The lowest BCUT2D eigenvalue weighted by Crippen LogP contribution is -2.54. The number of carbonyl (C=O) groups is 3. The fraction of sp³-hybridized carbons (Fsp3) is 0.0500. The number of benzene rings is 2. The quantitative estimate of drug-likeness (QED) is 0.370. The van der Waals surface area contributed by atoms with Gasteiger partial charge in [0.2, 0.25) is 0 Å². The molecule has 1 saturated heterocycles. The normalized spacial score (nSPS) is 15.6. The summed E-state index contributed by atoms with van der Waals surface area (Å²) in [6, 6.07) is 11.0. The number of ether oxygens (including phenoxy) is 1. The van der Waals surface area contributed by atoms with Gasteiger partial charge in [0.25, 0.3) is 11.8 Å². The molecular weight excluding hydrogens is 492 g/mol. The summed E-state index contributed by atoms with van der Waals surface area (Å²) in [5.41, 5.74) is 0.686. The molecule has 8 heteroatoms. The maximum atomic E-state index is 12.9. The van der Waals surface area contributed by atoms with Crippen molar-refractivity contribution in [3.63, 3.8) is 0 Å². The molecule has 1 N–H and O–H groups in total. The van der Waals surface area contributed by atoms with E-state index in [1.807, 2.05) is 0 Å². The molecule has 1 heterocycles. The minimum Gasteiger partial charge on any atom is -0.489 e. The van der Waals surface area contributed by atoms with Crippen molar-refractivity contribution < 1.29 is 19.1 Å². The third-order valence-electron chi connectivity index (χ3n) is 3.81. The van der Waals surface area contributed by atoms with Crippen molar-refractivity contribution in [3.8, 4) is 5.75 Å². The number of anilines is 1. The van der Waals surface area contributed by atoms with Crippen LogP contribution in [-0.2, 0) is 9.59 Å². The third kappa shape index (κ3) is 4.23. The topological polar surface area (TPSA) is 75.7 Å². The lowest BCUT2D eigenvalue weighted by atomic mass is 10.1. The van der Waals surface area contributed by atoms with Gasteiger partial charge in [0.15, 0.2) is 0 Å². The van der Waals surface area contributed by atoms with Crippen LogP contribution in [0.25, 0.3) is 6.08 Å². The molecule has 1 aliphatic rings. The van der Waals surface area contributed by atoms with Crippen LogP contribution in [0.2, 0.25) is 0 Å². The summed E-state index contributed by atoms with van der Waals surface area (Å²) >= 11 is 6.67.